The van der Waals surface area contributed by atoms with Gasteiger partial charge < -0.3 is 25.4 Å². The molecule has 1 aromatic carbocycles. The first kappa shape index (κ1) is 28.3. The molecule has 0 heterocycles. The van der Waals surface area contributed by atoms with Gasteiger partial charge in [0.15, 0.2) is 17.5 Å². The lowest BCUT2D eigenvalue weighted by Gasteiger charge is -2.23. The molecule has 30 heavy (non-hydrogen) atoms. The molecule has 0 saturated carbocycles. The molecular weight excluding hydrogens is 495 g/mol. The minimum absolute atomic E-state index is 0. The van der Waals surface area contributed by atoms with E-state index in [1.54, 1.807) is 0 Å². The summed E-state index contributed by atoms with van der Waals surface area (Å²) in [5.41, 5.74) is 0.480. The standard InChI is InChI=1S/C22H38N4O3.HI/c1-8-23-20(27)22(6,7)15-25-21(24-9-2)26-16(5)17-12-13-18(28-10-3)19(14-17)29-11-4;/h12-14,16H,8-11,15H2,1-7H3,(H,23,27)(H2,24,25,26);1H. The second-order valence-electron chi connectivity index (χ2n) is 7.38. The number of ether oxygens (including phenoxy) is 2. The van der Waals surface area contributed by atoms with Crippen molar-refractivity contribution in [3.05, 3.63) is 23.8 Å². The van der Waals surface area contributed by atoms with E-state index in [0.717, 1.165) is 23.6 Å². The van der Waals surface area contributed by atoms with Crippen LogP contribution in [0, 0.1) is 5.41 Å². The van der Waals surface area contributed by atoms with Gasteiger partial charge in [-0.05, 0) is 66.2 Å². The Balaban J connectivity index is 0.00000841. The summed E-state index contributed by atoms with van der Waals surface area (Å²) in [7, 11) is 0. The fraction of sp³-hybridized carbons (Fsp3) is 0.636. The summed E-state index contributed by atoms with van der Waals surface area (Å²) in [4.78, 5) is 16.9. The third kappa shape index (κ3) is 8.97. The highest BCUT2D eigenvalue weighted by Crippen LogP contribution is 2.30. The molecule has 172 valence electrons. The zero-order chi connectivity index (χ0) is 21.9. The number of hydrogen-bond acceptors (Lipinski definition) is 4. The first-order chi connectivity index (χ1) is 13.8. The van der Waals surface area contributed by atoms with Crippen molar-refractivity contribution >= 4 is 35.8 Å². The van der Waals surface area contributed by atoms with Gasteiger partial charge in [0.25, 0.3) is 0 Å². The fourth-order valence-electron chi connectivity index (χ4n) is 2.69. The Morgan fingerprint density at radius 3 is 2.20 bits per heavy atom. The number of carbonyl (C=O) groups excluding carboxylic acids is 1. The number of nitrogens with zero attached hydrogens (tertiary/aromatic N) is 1. The van der Waals surface area contributed by atoms with Crippen molar-refractivity contribution in [2.75, 3.05) is 32.8 Å². The van der Waals surface area contributed by atoms with Gasteiger partial charge in [-0.3, -0.25) is 9.79 Å². The molecule has 7 nitrogen and oxygen atoms in total. The largest absolute Gasteiger partial charge is 0.490 e. The molecule has 8 heteroatoms. The Morgan fingerprint density at radius 2 is 1.63 bits per heavy atom. The lowest BCUT2D eigenvalue weighted by Crippen LogP contribution is -2.42. The number of aliphatic imine (C=N–C) groups is 1. The Hall–Kier alpha value is -1.71. The molecule has 1 unspecified atom stereocenters. The number of amides is 1. The van der Waals surface area contributed by atoms with Crippen LogP contribution in [0.25, 0.3) is 0 Å². The van der Waals surface area contributed by atoms with E-state index < -0.39 is 5.41 Å². The van der Waals surface area contributed by atoms with E-state index in [1.165, 1.54) is 0 Å². The lowest BCUT2D eigenvalue weighted by molar-refractivity contribution is -0.128. The SMILES string of the molecule is CCNC(=O)C(C)(C)CN=C(NCC)NC(C)c1ccc(OCC)c(OCC)c1.I. The first-order valence-electron chi connectivity index (χ1n) is 10.5. The van der Waals surface area contributed by atoms with Crippen LogP contribution in [0.5, 0.6) is 11.5 Å². The molecular formula is C22H39IN4O3. The molecule has 0 bridgehead atoms. The molecule has 1 rings (SSSR count). The Kier molecular flexibility index (Phi) is 13.5. The van der Waals surface area contributed by atoms with Crippen LogP contribution in [-0.2, 0) is 4.79 Å². The minimum Gasteiger partial charge on any atom is -0.490 e. The summed E-state index contributed by atoms with van der Waals surface area (Å²) >= 11 is 0. The van der Waals surface area contributed by atoms with E-state index in [2.05, 4.69) is 27.9 Å². The highest BCUT2D eigenvalue weighted by molar-refractivity contribution is 14.0. The smallest absolute Gasteiger partial charge is 0.227 e. The molecule has 0 aromatic heterocycles. The van der Waals surface area contributed by atoms with Gasteiger partial charge >= 0.3 is 0 Å². The Bertz CT molecular complexity index is 680. The summed E-state index contributed by atoms with van der Waals surface area (Å²) in [6.07, 6.45) is 0. The summed E-state index contributed by atoms with van der Waals surface area (Å²) in [6.45, 7) is 16.6. The van der Waals surface area contributed by atoms with Crippen LogP contribution in [0.1, 0.15) is 60.1 Å². The van der Waals surface area contributed by atoms with Crippen LogP contribution in [0.4, 0.5) is 0 Å². The first-order valence-corrected chi connectivity index (χ1v) is 10.5. The second-order valence-corrected chi connectivity index (χ2v) is 7.38. The third-order valence-electron chi connectivity index (χ3n) is 4.35. The molecule has 0 fully saturated rings. The van der Waals surface area contributed by atoms with E-state index >= 15 is 0 Å². The molecule has 1 aromatic rings. The molecule has 0 saturated heterocycles. The quantitative estimate of drug-likeness (QED) is 0.228. The summed E-state index contributed by atoms with van der Waals surface area (Å²) in [5.74, 6) is 2.15. The monoisotopic (exact) mass is 534 g/mol. The fourth-order valence-corrected chi connectivity index (χ4v) is 2.69. The topological polar surface area (TPSA) is 84.0 Å². The van der Waals surface area contributed by atoms with Crippen LogP contribution in [-0.4, -0.2) is 44.7 Å². The van der Waals surface area contributed by atoms with E-state index in [1.807, 2.05) is 59.7 Å². The van der Waals surface area contributed by atoms with Gasteiger partial charge in [-0.1, -0.05) is 6.07 Å². The average molecular weight is 534 g/mol. The molecule has 0 aliphatic rings. The maximum Gasteiger partial charge on any atom is 0.227 e. The molecule has 0 aliphatic heterocycles. The van der Waals surface area contributed by atoms with Crippen LogP contribution in [0.15, 0.2) is 23.2 Å². The van der Waals surface area contributed by atoms with Crippen molar-refractivity contribution in [2.24, 2.45) is 10.4 Å². The molecule has 0 spiro atoms. The van der Waals surface area contributed by atoms with Crippen LogP contribution in [0.2, 0.25) is 0 Å². The molecule has 0 aliphatic carbocycles. The number of carbonyl (C=O) groups is 1. The number of rotatable bonds is 11. The number of hydrogen-bond donors (Lipinski definition) is 3. The summed E-state index contributed by atoms with van der Waals surface area (Å²) < 4.78 is 11.4. The summed E-state index contributed by atoms with van der Waals surface area (Å²) in [5, 5.41) is 9.53. The normalized spacial score (nSPS) is 12.4. The zero-order valence-corrected chi connectivity index (χ0v) is 21.8. The van der Waals surface area contributed by atoms with Gasteiger partial charge in [0.1, 0.15) is 0 Å². The Labute approximate surface area is 198 Å². The van der Waals surface area contributed by atoms with Crippen LogP contribution < -0.4 is 25.4 Å². The molecule has 0 radical (unpaired) electrons. The average Bonchev–Trinajstić information content (AvgIpc) is 2.68. The highest BCUT2D eigenvalue weighted by Gasteiger charge is 2.27. The number of guanidine groups is 1. The van der Waals surface area contributed by atoms with Gasteiger partial charge in [0, 0.05) is 13.1 Å². The van der Waals surface area contributed by atoms with Crippen molar-refractivity contribution in [2.45, 2.75) is 54.5 Å². The van der Waals surface area contributed by atoms with Gasteiger partial charge in [0.05, 0.1) is 31.2 Å². The highest BCUT2D eigenvalue weighted by atomic mass is 127. The van der Waals surface area contributed by atoms with E-state index in [9.17, 15) is 4.79 Å². The zero-order valence-electron chi connectivity index (χ0n) is 19.4. The minimum atomic E-state index is -0.580. The van der Waals surface area contributed by atoms with Crippen LogP contribution in [0.3, 0.4) is 0 Å². The maximum atomic E-state index is 12.2. The number of nitrogens with one attached hydrogen (secondary N) is 3. The predicted molar refractivity (Wildman–Crippen MR) is 134 cm³/mol. The number of halogens is 1. The predicted octanol–water partition coefficient (Wildman–Crippen LogP) is 3.88. The van der Waals surface area contributed by atoms with Crippen molar-refractivity contribution in [3.8, 4) is 11.5 Å². The van der Waals surface area contributed by atoms with Crippen LogP contribution >= 0.6 is 24.0 Å². The van der Waals surface area contributed by atoms with E-state index in [0.29, 0.717) is 32.3 Å². The van der Waals surface area contributed by atoms with Gasteiger partial charge in [0.2, 0.25) is 5.91 Å². The van der Waals surface area contributed by atoms with Gasteiger partial charge in [-0.25, -0.2) is 0 Å². The molecule has 3 N–H and O–H groups in total. The lowest BCUT2D eigenvalue weighted by atomic mass is 9.92. The summed E-state index contributed by atoms with van der Waals surface area (Å²) in [6, 6.07) is 5.95. The molecule has 1 atom stereocenters. The van der Waals surface area contributed by atoms with Crippen molar-refractivity contribution in [1.29, 1.82) is 0 Å². The third-order valence-corrected chi connectivity index (χ3v) is 4.35. The van der Waals surface area contributed by atoms with Gasteiger partial charge in [-0.15, -0.1) is 24.0 Å². The van der Waals surface area contributed by atoms with Crippen molar-refractivity contribution in [3.63, 3.8) is 0 Å². The molecule has 1 amide bonds. The maximum absolute atomic E-state index is 12.2. The van der Waals surface area contributed by atoms with Crippen molar-refractivity contribution in [1.82, 2.24) is 16.0 Å². The van der Waals surface area contributed by atoms with E-state index in [-0.39, 0.29) is 35.9 Å². The van der Waals surface area contributed by atoms with Gasteiger partial charge in [-0.2, -0.15) is 0 Å². The van der Waals surface area contributed by atoms with Crippen molar-refractivity contribution < 1.29 is 14.3 Å². The van der Waals surface area contributed by atoms with E-state index in [4.69, 9.17) is 9.47 Å². The number of benzene rings is 1. The second kappa shape index (κ2) is 14.3. The Morgan fingerprint density at radius 1 is 1.03 bits per heavy atom.